The van der Waals surface area contributed by atoms with Crippen molar-refractivity contribution < 1.29 is 9.59 Å². The molecule has 2 rings (SSSR count). The minimum absolute atomic E-state index is 0.0488. The van der Waals surface area contributed by atoms with E-state index in [9.17, 15) is 9.59 Å². The number of likely N-dealkylation sites (tertiary alicyclic amines) is 1. The second-order valence-corrected chi connectivity index (χ2v) is 6.00. The molecule has 1 aliphatic rings. The van der Waals surface area contributed by atoms with E-state index in [1.807, 2.05) is 4.90 Å². The van der Waals surface area contributed by atoms with Gasteiger partial charge < -0.3 is 10.2 Å². The number of nitrogens with zero attached hydrogens (tertiary/aromatic N) is 1. The van der Waals surface area contributed by atoms with Gasteiger partial charge in [-0.3, -0.25) is 9.59 Å². The summed E-state index contributed by atoms with van der Waals surface area (Å²) in [5, 5.41) is 2.81. The second-order valence-electron chi connectivity index (χ2n) is 5.62. The highest BCUT2D eigenvalue weighted by Gasteiger charge is 2.17. The van der Waals surface area contributed by atoms with E-state index >= 15 is 0 Å². The fourth-order valence-corrected chi connectivity index (χ4v) is 2.74. The van der Waals surface area contributed by atoms with Gasteiger partial charge in [-0.1, -0.05) is 12.8 Å². The smallest absolute Gasteiger partial charge is 0.253 e. The van der Waals surface area contributed by atoms with Crippen molar-refractivity contribution in [1.29, 1.82) is 0 Å². The molecule has 1 fully saturated rings. The molecular formula is C17H23ClN2O2. The Morgan fingerprint density at radius 1 is 1.05 bits per heavy atom. The molecule has 0 unspecified atom stereocenters. The summed E-state index contributed by atoms with van der Waals surface area (Å²) in [4.78, 5) is 26.0. The highest BCUT2D eigenvalue weighted by atomic mass is 35.5. The summed E-state index contributed by atoms with van der Waals surface area (Å²) in [5.74, 6) is 0.519. The number of carbonyl (C=O) groups excluding carboxylic acids is 2. The van der Waals surface area contributed by atoms with Crippen molar-refractivity contribution in [3.05, 3.63) is 29.8 Å². The van der Waals surface area contributed by atoms with E-state index in [-0.39, 0.29) is 11.8 Å². The second kappa shape index (κ2) is 8.79. The van der Waals surface area contributed by atoms with Crippen LogP contribution in [0.4, 0.5) is 5.69 Å². The summed E-state index contributed by atoms with van der Waals surface area (Å²) in [6.45, 7) is 1.69. The van der Waals surface area contributed by atoms with Crippen LogP contribution in [-0.2, 0) is 4.79 Å². The van der Waals surface area contributed by atoms with Gasteiger partial charge in [-0.2, -0.15) is 0 Å². The first kappa shape index (κ1) is 16.8. The minimum Gasteiger partial charge on any atom is -0.339 e. The minimum atomic E-state index is -0.0488. The van der Waals surface area contributed by atoms with Crippen molar-refractivity contribution in [1.82, 2.24) is 4.90 Å². The van der Waals surface area contributed by atoms with Gasteiger partial charge in [-0.25, -0.2) is 0 Å². The van der Waals surface area contributed by atoms with Crippen LogP contribution in [0.25, 0.3) is 0 Å². The number of halogens is 1. The van der Waals surface area contributed by atoms with Gasteiger partial charge in [0, 0.05) is 36.6 Å². The molecule has 0 bridgehead atoms. The van der Waals surface area contributed by atoms with Crippen LogP contribution >= 0.6 is 11.6 Å². The number of benzene rings is 1. The zero-order chi connectivity index (χ0) is 15.8. The Morgan fingerprint density at radius 3 is 2.27 bits per heavy atom. The number of hydrogen-bond donors (Lipinski definition) is 1. The zero-order valence-corrected chi connectivity index (χ0v) is 13.6. The van der Waals surface area contributed by atoms with Crippen molar-refractivity contribution in [3.63, 3.8) is 0 Å². The quantitative estimate of drug-likeness (QED) is 0.841. The van der Waals surface area contributed by atoms with E-state index < -0.39 is 0 Å². The molecule has 1 N–H and O–H groups in total. The molecule has 1 aromatic carbocycles. The highest BCUT2D eigenvalue weighted by Crippen LogP contribution is 2.16. The third kappa shape index (κ3) is 5.02. The van der Waals surface area contributed by atoms with Crippen LogP contribution in [0.1, 0.15) is 48.9 Å². The number of alkyl halides is 1. The van der Waals surface area contributed by atoms with Crippen LogP contribution < -0.4 is 5.32 Å². The van der Waals surface area contributed by atoms with E-state index in [0.29, 0.717) is 30.0 Å². The van der Waals surface area contributed by atoms with E-state index in [2.05, 4.69) is 5.32 Å². The predicted octanol–water partition coefficient (Wildman–Crippen LogP) is 3.66. The third-order valence-electron chi connectivity index (χ3n) is 3.85. The molecule has 2 amide bonds. The van der Waals surface area contributed by atoms with Crippen LogP contribution in [0.2, 0.25) is 0 Å². The van der Waals surface area contributed by atoms with Crippen LogP contribution in [0.15, 0.2) is 24.3 Å². The molecule has 0 aliphatic carbocycles. The predicted molar refractivity (Wildman–Crippen MR) is 89.4 cm³/mol. The molecule has 22 heavy (non-hydrogen) atoms. The molecule has 1 aromatic rings. The Bertz CT molecular complexity index is 494. The molecule has 5 heteroatoms. The average Bonchev–Trinajstić information content (AvgIpc) is 2.82. The first-order valence-electron chi connectivity index (χ1n) is 7.96. The van der Waals surface area contributed by atoms with Gasteiger partial charge in [0.1, 0.15) is 0 Å². The van der Waals surface area contributed by atoms with Gasteiger partial charge in [0.15, 0.2) is 0 Å². The summed E-state index contributed by atoms with van der Waals surface area (Å²) in [7, 11) is 0. The average molecular weight is 323 g/mol. The maximum atomic E-state index is 12.5. The largest absolute Gasteiger partial charge is 0.339 e. The molecule has 0 aromatic heterocycles. The summed E-state index contributed by atoms with van der Waals surface area (Å²) in [6.07, 6.45) is 5.66. The first-order valence-corrected chi connectivity index (χ1v) is 8.49. The van der Waals surface area contributed by atoms with E-state index in [1.54, 1.807) is 24.3 Å². The van der Waals surface area contributed by atoms with Gasteiger partial charge in [0.2, 0.25) is 5.91 Å². The molecular weight excluding hydrogens is 300 g/mol. The van der Waals surface area contributed by atoms with E-state index in [4.69, 9.17) is 11.6 Å². The van der Waals surface area contributed by atoms with Gasteiger partial charge in [-0.05, 0) is 43.5 Å². The van der Waals surface area contributed by atoms with E-state index in [1.165, 1.54) is 12.8 Å². The molecule has 1 heterocycles. The summed E-state index contributed by atoms with van der Waals surface area (Å²) >= 11 is 5.57. The lowest BCUT2D eigenvalue weighted by Gasteiger charge is -2.20. The van der Waals surface area contributed by atoms with Crippen LogP contribution in [0.5, 0.6) is 0 Å². The zero-order valence-electron chi connectivity index (χ0n) is 12.8. The fourth-order valence-electron chi connectivity index (χ4n) is 2.60. The lowest BCUT2D eigenvalue weighted by Crippen LogP contribution is -2.31. The van der Waals surface area contributed by atoms with Crippen molar-refractivity contribution in [2.75, 3.05) is 24.3 Å². The van der Waals surface area contributed by atoms with Gasteiger partial charge >= 0.3 is 0 Å². The summed E-state index contributed by atoms with van der Waals surface area (Å²) in [6, 6.07) is 7.13. The lowest BCUT2D eigenvalue weighted by molar-refractivity contribution is -0.116. The van der Waals surface area contributed by atoms with Gasteiger partial charge in [-0.15, -0.1) is 11.6 Å². The summed E-state index contributed by atoms with van der Waals surface area (Å²) < 4.78 is 0. The van der Waals surface area contributed by atoms with Gasteiger partial charge in [0.25, 0.3) is 5.91 Å². The molecule has 1 saturated heterocycles. The maximum Gasteiger partial charge on any atom is 0.253 e. The number of rotatable bonds is 5. The molecule has 0 atom stereocenters. The van der Waals surface area contributed by atoms with E-state index in [0.717, 1.165) is 25.9 Å². The number of amides is 2. The maximum absolute atomic E-state index is 12.5. The topological polar surface area (TPSA) is 49.4 Å². The Morgan fingerprint density at radius 2 is 1.68 bits per heavy atom. The van der Waals surface area contributed by atoms with Crippen molar-refractivity contribution in [3.8, 4) is 0 Å². The number of hydrogen-bond acceptors (Lipinski definition) is 2. The van der Waals surface area contributed by atoms with Crippen molar-refractivity contribution in [2.45, 2.75) is 38.5 Å². The monoisotopic (exact) mass is 322 g/mol. The number of carbonyl (C=O) groups is 2. The molecule has 0 spiro atoms. The molecule has 0 saturated carbocycles. The van der Waals surface area contributed by atoms with Crippen LogP contribution in [0.3, 0.4) is 0 Å². The SMILES string of the molecule is O=C(CCCCl)Nc1ccc(C(=O)N2CCCCCC2)cc1. The number of anilines is 1. The van der Waals surface area contributed by atoms with Crippen LogP contribution in [0, 0.1) is 0 Å². The Labute approximate surface area is 136 Å². The normalized spacial score (nSPS) is 15.2. The van der Waals surface area contributed by atoms with Gasteiger partial charge in [0.05, 0.1) is 0 Å². The van der Waals surface area contributed by atoms with Crippen molar-refractivity contribution >= 4 is 29.1 Å². The molecule has 120 valence electrons. The Balaban J connectivity index is 1.92. The van der Waals surface area contributed by atoms with Crippen LogP contribution in [-0.4, -0.2) is 35.7 Å². The molecule has 1 aliphatic heterocycles. The highest BCUT2D eigenvalue weighted by molar-refractivity contribution is 6.18. The Kier molecular flexibility index (Phi) is 6.72. The summed E-state index contributed by atoms with van der Waals surface area (Å²) in [5.41, 5.74) is 1.40. The lowest BCUT2D eigenvalue weighted by atomic mass is 10.1. The number of nitrogens with one attached hydrogen (secondary N) is 1. The van der Waals surface area contributed by atoms with Crippen molar-refractivity contribution in [2.24, 2.45) is 0 Å². The standard InChI is InChI=1S/C17H23ClN2O2/c18-11-5-6-16(21)19-15-9-7-14(8-10-15)17(22)20-12-3-1-2-4-13-20/h7-10H,1-6,11-13H2,(H,19,21). The fraction of sp³-hybridized carbons (Fsp3) is 0.529. The Hall–Kier alpha value is -1.55. The first-order chi connectivity index (χ1) is 10.7. The molecule has 0 radical (unpaired) electrons. The third-order valence-corrected chi connectivity index (χ3v) is 4.11. The molecule has 4 nitrogen and oxygen atoms in total.